The van der Waals surface area contributed by atoms with E-state index in [0.29, 0.717) is 0 Å². The number of benzene rings is 1. The zero-order valence-corrected chi connectivity index (χ0v) is 9.30. The van der Waals surface area contributed by atoms with E-state index in [1.54, 1.807) is 0 Å². The molecule has 0 unspecified atom stereocenters. The van der Waals surface area contributed by atoms with Gasteiger partial charge in [0.15, 0.2) is 0 Å². The molecule has 0 aliphatic heterocycles. The first-order chi connectivity index (χ1) is 6.66. The fourth-order valence-electron chi connectivity index (χ4n) is 1.46. The molecule has 0 spiro atoms. The Labute approximate surface area is 86.6 Å². The quantitative estimate of drug-likeness (QED) is 0.777. The average Bonchev–Trinajstić information content (AvgIpc) is 2.18. The molecule has 0 saturated carbocycles. The number of nitrogens with two attached hydrogens (primary N) is 1. The van der Waals surface area contributed by atoms with Crippen molar-refractivity contribution in [3.05, 3.63) is 40.5 Å². The van der Waals surface area contributed by atoms with Crippen molar-refractivity contribution >= 4 is 6.08 Å². The largest absolute Gasteiger partial charge is 0.330 e. The Kier molecular flexibility index (Phi) is 3.90. The van der Waals surface area contributed by atoms with E-state index in [1.165, 1.54) is 22.3 Å². The molecule has 1 aromatic rings. The predicted molar refractivity (Wildman–Crippen MR) is 63.4 cm³/mol. The third kappa shape index (κ3) is 2.46. The van der Waals surface area contributed by atoms with Crippen molar-refractivity contribution < 1.29 is 0 Å². The number of hydrogen-bond acceptors (Lipinski definition) is 1. The average molecular weight is 189 g/mol. The van der Waals surface area contributed by atoms with Gasteiger partial charge in [0, 0.05) is 0 Å². The van der Waals surface area contributed by atoms with Crippen molar-refractivity contribution in [1.82, 2.24) is 0 Å². The van der Waals surface area contributed by atoms with Crippen molar-refractivity contribution in [2.75, 3.05) is 6.54 Å². The van der Waals surface area contributed by atoms with Crippen LogP contribution in [0, 0.1) is 20.8 Å². The minimum atomic E-state index is 0.723. The standard InChI is InChI=1S/C13H19N/c1-10-7-8-13(6-4-5-9-14)12(3)11(10)2/h4,6-8H,5,9,14H2,1-3H3/b6-4+. The van der Waals surface area contributed by atoms with Gasteiger partial charge in [0.25, 0.3) is 0 Å². The van der Waals surface area contributed by atoms with E-state index < -0.39 is 0 Å². The third-order valence-corrected chi connectivity index (χ3v) is 2.73. The molecule has 76 valence electrons. The Morgan fingerprint density at radius 1 is 1.14 bits per heavy atom. The predicted octanol–water partition coefficient (Wildman–Crippen LogP) is 2.97. The molecule has 0 bridgehead atoms. The lowest BCUT2D eigenvalue weighted by Gasteiger charge is -2.07. The molecule has 1 rings (SSSR count). The van der Waals surface area contributed by atoms with Gasteiger partial charge in [-0.3, -0.25) is 0 Å². The first-order valence-electron chi connectivity index (χ1n) is 5.10. The van der Waals surface area contributed by atoms with Crippen LogP contribution >= 0.6 is 0 Å². The van der Waals surface area contributed by atoms with Crippen molar-refractivity contribution in [3.63, 3.8) is 0 Å². The summed E-state index contributed by atoms with van der Waals surface area (Å²) in [6.07, 6.45) is 5.25. The van der Waals surface area contributed by atoms with Crippen LogP contribution in [0.25, 0.3) is 6.08 Å². The molecule has 1 aromatic carbocycles. The second-order valence-electron chi connectivity index (χ2n) is 3.70. The number of hydrogen-bond donors (Lipinski definition) is 1. The van der Waals surface area contributed by atoms with Crippen LogP contribution in [0.5, 0.6) is 0 Å². The molecule has 0 amide bonds. The molecule has 0 aromatic heterocycles. The zero-order chi connectivity index (χ0) is 10.6. The summed E-state index contributed by atoms with van der Waals surface area (Å²) < 4.78 is 0. The minimum Gasteiger partial charge on any atom is -0.330 e. The Hall–Kier alpha value is -1.08. The van der Waals surface area contributed by atoms with Gasteiger partial charge >= 0.3 is 0 Å². The second kappa shape index (κ2) is 4.97. The van der Waals surface area contributed by atoms with Gasteiger partial charge < -0.3 is 5.73 Å². The van der Waals surface area contributed by atoms with Crippen molar-refractivity contribution in [2.45, 2.75) is 27.2 Å². The van der Waals surface area contributed by atoms with Crippen molar-refractivity contribution in [2.24, 2.45) is 5.73 Å². The van der Waals surface area contributed by atoms with Gasteiger partial charge in [0.2, 0.25) is 0 Å². The Balaban J connectivity index is 2.94. The van der Waals surface area contributed by atoms with Gasteiger partial charge in [0.1, 0.15) is 0 Å². The first kappa shape index (κ1) is 11.0. The smallest absolute Gasteiger partial charge is 0.00425 e. The molecule has 0 fully saturated rings. The lowest BCUT2D eigenvalue weighted by molar-refractivity contribution is 1.01. The summed E-state index contributed by atoms with van der Waals surface area (Å²) in [5.74, 6) is 0. The van der Waals surface area contributed by atoms with Gasteiger partial charge in [-0.1, -0.05) is 24.3 Å². The van der Waals surface area contributed by atoms with Gasteiger partial charge in [-0.05, 0) is 56.0 Å². The van der Waals surface area contributed by atoms with Gasteiger partial charge in [-0.2, -0.15) is 0 Å². The van der Waals surface area contributed by atoms with Crippen LogP contribution in [0.4, 0.5) is 0 Å². The molecule has 1 nitrogen and oxygen atoms in total. The van der Waals surface area contributed by atoms with Crippen LogP contribution in [0.15, 0.2) is 18.2 Å². The lowest BCUT2D eigenvalue weighted by Crippen LogP contribution is -1.95. The van der Waals surface area contributed by atoms with Crippen molar-refractivity contribution in [1.29, 1.82) is 0 Å². The molecule has 14 heavy (non-hydrogen) atoms. The fourth-order valence-corrected chi connectivity index (χ4v) is 1.46. The highest BCUT2D eigenvalue weighted by molar-refractivity contribution is 5.56. The summed E-state index contributed by atoms with van der Waals surface area (Å²) >= 11 is 0. The second-order valence-corrected chi connectivity index (χ2v) is 3.70. The van der Waals surface area contributed by atoms with E-state index in [0.717, 1.165) is 13.0 Å². The maximum absolute atomic E-state index is 5.43. The van der Waals surface area contributed by atoms with E-state index >= 15 is 0 Å². The monoisotopic (exact) mass is 189 g/mol. The van der Waals surface area contributed by atoms with Crippen LogP contribution in [-0.2, 0) is 0 Å². The van der Waals surface area contributed by atoms with E-state index in [-0.39, 0.29) is 0 Å². The van der Waals surface area contributed by atoms with E-state index in [2.05, 4.69) is 45.1 Å². The zero-order valence-electron chi connectivity index (χ0n) is 9.30. The molecule has 2 N–H and O–H groups in total. The molecular formula is C13H19N. The minimum absolute atomic E-state index is 0.723. The van der Waals surface area contributed by atoms with Crippen molar-refractivity contribution in [3.8, 4) is 0 Å². The van der Waals surface area contributed by atoms with Crippen LogP contribution in [0.2, 0.25) is 0 Å². The summed E-state index contributed by atoms with van der Waals surface area (Å²) in [6.45, 7) is 7.21. The molecule has 1 heteroatoms. The highest BCUT2D eigenvalue weighted by Crippen LogP contribution is 2.18. The summed E-state index contributed by atoms with van der Waals surface area (Å²) in [5.41, 5.74) is 10.9. The molecule has 0 atom stereocenters. The molecular weight excluding hydrogens is 170 g/mol. The summed E-state index contributed by atoms with van der Waals surface area (Å²) in [5, 5.41) is 0. The Morgan fingerprint density at radius 3 is 2.50 bits per heavy atom. The summed E-state index contributed by atoms with van der Waals surface area (Å²) in [7, 11) is 0. The fraction of sp³-hybridized carbons (Fsp3) is 0.385. The number of aryl methyl sites for hydroxylation is 1. The highest BCUT2D eigenvalue weighted by Gasteiger charge is 1.99. The summed E-state index contributed by atoms with van der Waals surface area (Å²) in [6, 6.07) is 4.34. The van der Waals surface area contributed by atoms with E-state index in [9.17, 15) is 0 Å². The molecule has 0 aliphatic carbocycles. The third-order valence-electron chi connectivity index (χ3n) is 2.73. The summed E-state index contributed by atoms with van der Waals surface area (Å²) in [4.78, 5) is 0. The molecule has 0 aliphatic rings. The maximum atomic E-state index is 5.43. The SMILES string of the molecule is Cc1ccc(/C=C/CCN)c(C)c1C. The molecule has 0 saturated heterocycles. The van der Waals surface area contributed by atoms with Crippen LogP contribution in [-0.4, -0.2) is 6.54 Å². The lowest BCUT2D eigenvalue weighted by atomic mass is 9.98. The highest BCUT2D eigenvalue weighted by atomic mass is 14.5. The first-order valence-corrected chi connectivity index (χ1v) is 5.10. The normalized spacial score (nSPS) is 11.1. The van der Waals surface area contributed by atoms with Crippen LogP contribution < -0.4 is 5.73 Å². The Morgan fingerprint density at radius 2 is 1.86 bits per heavy atom. The Bertz CT molecular complexity index is 337. The van der Waals surface area contributed by atoms with Gasteiger partial charge in [0.05, 0.1) is 0 Å². The van der Waals surface area contributed by atoms with E-state index in [4.69, 9.17) is 5.73 Å². The van der Waals surface area contributed by atoms with Gasteiger partial charge in [-0.25, -0.2) is 0 Å². The maximum Gasteiger partial charge on any atom is -0.00425 e. The van der Waals surface area contributed by atoms with Crippen LogP contribution in [0.3, 0.4) is 0 Å². The van der Waals surface area contributed by atoms with Gasteiger partial charge in [-0.15, -0.1) is 0 Å². The topological polar surface area (TPSA) is 26.0 Å². The van der Waals surface area contributed by atoms with E-state index in [1.807, 2.05) is 0 Å². The van der Waals surface area contributed by atoms with Crippen LogP contribution in [0.1, 0.15) is 28.7 Å². The molecule has 0 heterocycles. The number of rotatable bonds is 3. The molecule has 0 radical (unpaired) electrons.